The van der Waals surface area contributed by atoms with Crippen LogP contribution < -0.4 is 5.32 Å². The van der Waals surface area contributed by atoms with Crippen molar-refractivity contribution in [3.63, 3.8) is 0 Å². The van der Waals surface area contributed by atoms with Gasteiger partial charge in [-0.2, -0.15) is 0 Å². The number of nitrogens with one attached hydrogen (secondary N) is 1. The summed E-state index contributed by atoms with van der Waals surface area (Å²) in [6, 6.07) is 15.5. The Bertz CT molecular complexity index is 844. The SMILES string of the molecule is Cc1ccc(NC(=O)CSc2nccn2Cc2ccc(Cl)cc2)cc1. The van der Waals surface area contributed by atoms with E-state index in [4.69, 9.17) is 11.6 Å². The molecule has 1 aromatic heterocycles. The molecule has 1 N–H and O–H groups in total. The number of aromatic nitrogens is 2. The smallest absolute Gasteiger partial charge is 0.234 e. The molecule has 4 nitrogen and oxygen atoms in total. The van der Waals surface area contributed by atoms with Gasteiger partial charge in [-0.1, -0.05) is 53.2 Å². The normalized spacial score (nSPS) is 10.6. The molecule has 3 rings (SSSR count). The van der Waals surface area contributed by atoms with Gasteiger partial charge in [0.15, 0.2) is 5.16 Å². The van der Waals surface area contributed by atoms with Gasteiger partial charge in [0.05, 0.1) is 5.75 Å². The topological polar surface area (TPSA) is 46.9 Å². The van der Waals surface area contributed by atoms with E-state index in [0.717, 1.165) is 27.0 Å². The molecule has 3 aromatic rings. The summed E-state index contributed by atoms with van der Waals surface area (Å²) in [6.45, 7) is 2.71. The molecule has 1 heterocycles. The molecule has 0 radical (unpaired) electrons. The van der Waals surface area contributed by atoms with Crippen LogP contribution in [-0.2, 0) is 11.3 Å². The second-order valence-corrected chi connectivity index (χ2v) is 7.05. The third kappa shape index (κ3) is 5.11. The number of halogens is 1. The van der Waals surface area contributed by atoms with Crippen molar-refractivity contribution >= 4 is 35.0 Å². The first-order valence-corrected chi connectivity index (χ1v) is 9.21. The fraction of sp³-hybridized carbons (Fsp3) is 0.158. The summed E-state index contributed by atoms with van der Waals surface area (Å²) in [5, 5.41) is 4.43. The molecule has 0 saturated carbocycles. The van der Waals surface area contributed by atoms with Crippen molar-refractivity contribution in [2.75, 3.05) is 11.1 Å². The average molecular weight is 372 g/mol. The van der Waals surface area contributed by atoms with E-state index in [1.807, 2.05) is 66.2 Å². The molecule has 0 bridgehead atoms. The Hall–Kier alpha value is -2.24. The summed E-state index contributed by atoms with van der Waals surface area (Å²) in [6.07, 6.45) is 3.66. The summed E-state index contributed by atoms with van der Waals surface area (Å²) in [4.78, 5) is 16.5. The Morgan fingerprint density at radius 3 is 2.60 bits per heavy atom. The Balaban J connectivity index is 1.56. The van der Waals surface area contributed by atoms with Crippen LogP contribution in [0, 0.1) is 6.92 Å². The average Bonchev–Trinajstić information content (AvgIpc) is 3.04. The fourth-order valence-corrected chi connectivity index (χ4v) is 3.19. The number of hydrogen-bond acceptors (Lipinski definition) is 3. The summed E-state index contributed by atoms with van der Waals surface area (Å²) >= 11 is 7.34. The van der Waals surface area contributed by atoms with Gasteiger partial charge in [0, 0.05) is 29.6 Å². The number of nitrogens with zero attached hydrogens (tertiary/aromatic N) is 2. The number of carbonyl (C=O) groups excluding carboxylic acids is 1. The minimum Gasteiger partial charge on any atom is -0.325 e. The molecular weight excluding hydrogens is 354 g/mol. The number of thioether (sulfide) groups is 1. The molecule has 0 atom stereocenters. The first-order chi connectivity index (χ1) is 12.1. The van der Waals surface area contributed by atoms with Crippen LogP contribution in [0.4, 0.5) is 5.69 Å². The van der Waals surface area contributed by atoms with Crippen LogP contribution in [0.1, 0.15) is 11.1 Å². The van der Waals surface area contributed by atoms with Gasteiger partial charge in [-0.3, -0.25) is 4.79 Å². The molecule has 6 heteroatoms. The van der Waals surface area contributed by atoms with E-state index in [2.05, 4.69) is 10.3 Å². The van der Waals surface area contributed by atoms with E-state index in [-0.39, 0.29) is 5.91 Å². The standard InChI is InChI=1S/C19H18ClN3OS/c1-14-2-8-17(9-3-14)22-18(24)13-25-19-21-10-11-23(19)12-15-4-6-16(20)7-5-15/h2-11H,12-13H2,1H3,(H,22,24). The highest BCUT2D eigenvalue weighted by molar-refractivity contribution is 7.99. The largest absolute Gasteiger partial charge is 0.325 e. The van der Waals surface area contributed by atoms with Gasteiger partial charge in [0.2, 0.25) is 5.91 Å². The lowest BCUT2D eigenvalue weighted by atomic mass is 10.2. The molecule has 2 aromatic carbocycles. The predicted molar refractivity (Wildman–Crippen MR) is 103 cm³/mol. The number of hydrogen-bond donors (Lipinski definition) is 1. The van der Waals surface area contributed by atoms with Crippen LogP contribution in [0.15, 0.2) is 66.1 Å². The van der Waals surface area contributed by atoms with Crippen molar-refractivity contribution in [3.05, 3.63) is 77.1 Å². The molecule has 0 fully saturated rings. The summed E-state index contributed by atoms with van der Waals surface area (Å²) in [5.74, 6) is 0.265. The maximum Gasteiger partial charge on any atom is 0.234 e. The van der Waals surface area contributed by atoms with Gasteiger partial charge in [-0.05, 0) is 36.8 Å². The molecule has 25 heavy (non-hydrogen) atoms. The molecule has 0 aliphatic rings. The Morgan fingerprint density at radius 1 is 1.16 bits per heavy atom. The van der Waals surface area contributed by atoms with Crippen LogP contribution in [0.25, 0.3) is 0 Å². The number of benzene rings is 2. The third-order valence-electron chi connectivity index (χ3n) is 3.61. The molecule has 0 aliphatic heterocycles. The number of anilines is 1. The minimum atomic E-state index is -0.0464. The van der Waals surface area contributed by atoms with Crippen molar-refractivity contribution < 1.29 is 4.79 Å². The van der Waals surface area contributed by atoms with Crippen molar-refractivity contribution in [2.45, 2.75) is 18.6 Å². The third-order valence-corrected chi connectivity index (χ3v) is 4.87. The highest BCUT2D eigenvalue weighted by Gasteiger charge is 2.09. The lowest BCUT2D eigenvalue weighted by molar-refractivity contribution is -0.113. The van der Waals surface area contributed by atoms with Crippen LogP contribution in [0.2, 0.25) is 5.02 Å². The molecule has 0 saturated heterocycles. The minimum absolute atomic E-state index is 0.0464. The van der Waals surface area contributed by atoms with E-state index in [9.17, 15) is 4.79 Å². The fourth-order valence-electron chi connectivity index (χ4n) is 2.31. The van der Waals surface area contributed by atoms with Gasteiger partial charge in [0.25, 0.3) is 0 Å². The van der Waals surface area contributed by atoms with Crippen LogP contribution in [0.5, 0.6) is 0 Å². The summed E-state index contributed by atoms with van der Waals surface area (Å²) < 4.78 is 2.02. The molecule has 0 unspecified atom stereocenters. The van der Waals surface area contributed by atoms with Crippen LogP contribution in [0.3, 0.4) is 0 Å². The molecule has 1 amide bonds. The quantitative estimate of drug-likeness (QED) is 0.643. The molecular formula is C19H18ClN3OS. The maximum atomic E-state index is 12.1. The molecule has 128 valence electrons. The molecule has 0 aliphatic carbocycles. The van der Waals surface area contributed by atoms with Gasteiger partial charge >= 0.3 is 0 Å². The van der Waals surface area contributed by atoms with Crippen LogP contribution >= 0.6 is 23.4 Å². The summed E-state index contributed by atoms with van der Waals surface area (Å²) in [5.41, 5.74) is 3.10. The van der Waals surface area contributed by atoms with Gasteiger partial charge in [-0.15, -0.1) is 0 Å². The lowest BCUT2D eigenvalue weighted by Gasteiger charge is -2.08. The van der Waals surface area contributed by atoms with E-state index < -0.39 is 0 Å². The second-order valence-electron chi connectivity index (χ2n) is 5.67. The van der Waals surface area contributed by atoms with E-state index in [1.54, 1.807) is 6.20 Å². The number of rotatable bonds is 6. The number of imidazole rings is 1. The zero-order chi connectivity index (χ0) is 17.6. The van der Waals surface area contributed by atoms with Crippen molar-refractivity contribution in [1.82, 2.24) is 9.55 Å². The number of amides is 1. The Morgan fingerprint density at radius 2 is 1.88 bits per heavy atom. The van der Waals surface area contributed by atoms with E-state index in [1.165, 1.54) is 11.8 Å². The highest BCUT2D eigenvalue weighted by atomic mass is 35.5. The first kappa shape index (κ1) is 17.6. The van der Waals surface area contributed by atoms with E-state index >= 15 is 0 Å². The number of aryl methyl sites for hydroxylation is 1. The second kappa shape index (κ2) is 8.23. The van der Waals surface area contributed by atoms with Gasteiger partial charge < -0.3 is 9.88 Å². The van der Waals surface area contributed by atoms with Gasteiger partial charge in [0.1, 0.15) is 0 Å². The van der Waals surface area contributed by atoms with E-state index in [0.29, 0.717) is 12.3 Å². The van der Waals surface area contributed by atoms with Crippen LogP contribution in [-0.4, -0.2) is 21.2 Å². The summed E-state index contributed by atoms with van der Waals surface area (Å²) in [7, 11) is 0. The van der Waals surface area contributed by atoms with Crippen molar-refractivity contribution in [3.8, 4) is 0 Å². The number of carbonyl (C=O) groups is 1. The Kier molecular flexibility index (Phi) is 5.79. The van der Waals surface area contributed by atoms with Gasteiger partial charge in [-0.25, -0.2) is 4.98 Å². The zero-order valence-electron chi connectivity index (χ0n) is 13.8. The maximum absolute atomic E-state index is 12.1. The van der Waals surface area contributed by atoms with Crippen molar-refractivity contribution in [1.29, 1.82) is 0 Å². The monoisotopic (exact) mass is 371 g/mol. The molecule has 0 spiro atoms. The Labute approximate surface area is 156 Å². The lowest BCUT2D eigenvalue weighted by Crippen LogP contribution is -2.14. The highest BCUT2D eigenvalue weighted by Crippen LogP contribution is 2.19. The van der Waals surface area contributed by atoms with Crippen molar-refractivity contribution in [2.24, 2.45) is 0 Å². The zero-order valence-corrected chi connectivity index (χ0v) is 15.3. The predicted octanol–water partition coefficient (Wildman–Crippen LogP) is 4.62. The first-order valence-electron chi connectivity index (χ1n) is 7.85.